The van der Waals surface area contributed by atoms with Crippen molar-refractivity contribution in [2.45, 2.75) is 20.8 Å². The molecule has 0 saturated carbocycles. The predicted octanol–water partition coefficient (Wildman–Crippen LogP) is 2.57. The van der Waals surface area contributed by atoms with Crippen molar-refractivity contribution in [1.29, 1.82) is 0 Å². The number of aromatic nitrogens is 1. The van der Waals surface area contributed by atoms with Gasteiger partial charge in [0.15, 0.2) is 0 Å². The fraction of sp³-hybridized carbons (Fsp3) is 0.385. The van der Waals surface area contributed by atoms with Crippen LogP contribution in [0, 0.1) is 6.92 Å². The third-order valence-corrected chi connectivity index (χ3v) is 2.10. The van der Waals surface area contributed by atoms with Crippen LogP contribution in [0.4, 0.5) is 0 Å². The third-order valence-electron chi connectivity index (χ3n) is 2.10. The van der Waals surface area contributed by atoms with Gasteiger partial charge in [-0.25, -0.2) is 4.79 Å². The van der Waals surface area contributed by atoms with Gasteiger partial charge in [-0.15, -0.1) is 0 Å². The quantitative estimate of drug-likeness (QED) is 0.581. The van der Waals surface area contributed by atoms with E-state index in [9.17, 15) is 4.79 Å². The predicted molar refractivity (Wildman–Crippen MR) is 65.6 cm³/mol. The molecule has 1 heterocycles. The Labute approximate surface area is 101 Å². The van der Waals surface area contributed by atoms with Crippen molar-refractivity contribution < 1.29 is 14.3 Å². The van der Waals surface area contributed by atoms with E-state index in [0.29, 0.717) is 30.2 Å². The van der Waals surface area contributed by atoms with Crippen LogP contribution in [0.5, 0.6) is 0 Å². The molecule has 4 nitrogen and oxygen atoms in total. The van der Waals surface area contributed by atoms with E-state index in [1.165, 1.54) is 0 Å². The highest BCUT2D eigenvalue weighted by Gasteiger charge is 2.17. The summed E-state index contributed by atoms with van der Waals surface area (Å²) in [6.45, 7) is 10.0. The molecular weight excluding hydrogens is 218 g/mol. The van der Waals surface area contributed by atoms with E-state index in [1.807, 2.05) is 13.8 Å². The lowest BCUT2D eigenvalue weighted by Crippen LogP contribution is -2.10. The number of hydrogen-bond acceptors (Lipinski definition) is 4. The monoisotopic (exact) mass is 235 g/mol. The molecule has 1 aromatic rings. The molecule has 0 aliphatic carbocycles. The highest BCUT2D eigenvalue weighted by atomic mass is 16.5. The van der Waals surface area contributed by atoms with Crippen molar-refractivity contribution >= 4 is 11.7 Å². The molecule has 0 fully saturated rings. The zero-order valence-electron chi connectivity index (χ0n) is 10.4. The summed E-state index contributed by atoms with van der Waals surface area (Å²) in [7, 11) is 0. The maximum absolute atomic E-state index is 11.8. The summed E-state index contributed by atoms with van der Waals surface area (Å²) in [4.78, 5) is 15.9. The van der Waals surface area contributed by atoms with Crippen molar-refractivity contribution in [3.63, 3.8) is 0 Å². The van der Waals surface area contributed by atoms with Crippen molar-refractivity contribution in [1.82, 2.24) is 4.98 Å². The third kappa shape index (κ3) is 3.31. The number of carbonyl (C=O) groups excluding carboxylic acids is 1. The van der Waals surface area contributed by atoms with Crippen molar-refractivity contribution in [3.8, 4) is 0 Å². The van der Waals surface area contributed by atoms with E-state index in [2.05, 4.69) is 11.6 Å². The van der Waals surface area contributed by atoms with E-state index in [4.69, 9.17) is 9.47 Å². The Bertz CT molecular complexity index is 427. The van der Waals surface area contributed by atoms with Gasteiger partial charge in [0.2, 0.25) is 0 Å². The molecule has 0 radical (unpaired) electrons. The molecule has 1 aromatic heterocycles. The Morgan fingerprint density at radius 2 is 2.00 bits per heavy atom. The largest absolute Gasteiger partial charge is 0.492 e. The molecule has 0 saturated heterocycles. The molecule has 0 aromatic carbocycles. The summed E-state index contributed by atoms with van der Waals surface area (Å²) in [5.74, 6) is -0.0184. The molecule has 17 heavy (non-hydrogen) atoms. The fourth-order valence-electron chi connectivity index (χ4n) is 1.40. The molecule has 0 aliphatic rings. The van der Waals surface area contributed by atoms with Crippen LogP contribution in [-0.2, 0) is 9.47 Å². The first-order chi connectivity index (χ1) is 8.10. The van der Waals surface area contributed by atoms with Gasteiger partial charge in [-0.05, 0) is 32.4 Å². The first-order valence-electron chi connectivity index (χ1n) is 5.56. The second-order valence-corrected chi connectivity index (χ2v) is 3.49. The number of hydrogen-bond donors (Lipinski definition) is 0. The Morgan fingerprint density at radius 1 is 1.35 bits per heavy atom. The minimum atomic E-state index is -0.403. The lowest BCUT2D eigenvalue weighted by Gasteiger charge is -2.11. The Kier molecular flexibility index (Phi) is 4.69. The highest BCUT2D eigenvalue weighted by molar-refractivity contribution is 5.93. The maximum Gasteiger partial charge on any atom is 0.340 e. The first kappa shape index (κ1) is 13.2. The lowest BCUT2D eigenvalue weighted by atomic mass is 10.1. The SMILES string of the molecule is C=C(OCC)c1ncc(C)cc1C(=O)OCC. The second-order valence-electron chi connectivity index (χ2n) is 3.49. The van der Waals surface area contributed by atoms with Crippen molar-refractivity contribution in [2.24, 2.45) is 0 Å². The average molecular weight is 235 g/mol. The Balaban J connectivity index is 3.11. The maximum atomic E-state index is 11.8. The molecule has 0 bridgehead atoms. The number of pyridine rings is 1. The van der Waals surface area contributed by atoms with Gasteiger partial charge >= 0.3 is 5.97 Å². The summed E-state index contributed by atoms with van der Waals surface area (Å²) in [5, 5.41) is 0. The summed E-state index contributed by atoms with van der Waals surface area (Å²) in [5.41, 5.74) is 1.72. The number of aryl methyl sites for hydroxylation is 1. The highest BCUT2D eigenvalue weighted by Crippen LogP contribution is 2.18. The van der Waals surface area contributed by atoms with Gasteiger partial charge in [0.1, 0.15) is 11.5 Å². The number of esters is 1. The second kappa shape index (κ2) is 6.03. The van der Waals surface area contributed by atoms with Crippen LogP contribution in [-0.4, -0.2) is 24.2 Å². The summed E-state index contributed by atoms with van der Waals surface area (Å²) in [6, 6.07) is 1.73. The van der Waals surface area contributed by atoms with Crippen LogP contribution in [0.15, 0.2) is 18.8 Å². The minimum absolute atomic E-state index is 0.327. The number of rotatable bonds is 5. The van der Waals surface area contributed by atoms with Gasteiger partial charge in [0.25, 0.3) is 0 Å². The van der Waals surface area contributed by atoms with E-state index in [0.717, 1.165) is 5.56 Å². The summed E-state index contributed by atoms with van der Waals surface area (Å²) >= 11 is 0. The van der Waals surface area contributed by atoms with Gasteiger partial charge in [0, 0.05) is 6.20 Å². The Morgan fingerprint density at radius 3 is 2.59 bits per heavy atom. The summed E-state index contributed by atoms with van der Waals surface area (Å²) < 4.78 is 10.2. The molecular formula is C13H17NO3. The molecule has 0 unspecified atom stereocenters. The van der Waals surface area contributed by atoms with E-state index < -0.39 is 5.97 Å². The lowest BCUT2D eigenvalue weighted by molar-refractivity contribution is 0.0524. The molecule has 0 N–H and O–H groups in total. The Hall–Kier alpha value is -1.84. The van der Waals surface area contributed by atoms with Crippen molar-refractivity contribution in [3.05, 3.63) is 35.7 Å². The molecule has 1 rings (SSSR count). The summed E-state index contributed by atoms with van der Waals surface area (Å²) in [6.07, 6.45) is 1.67. The van der Waals surface area contributed by atoms with Crippen LogP contribution < -0.4 is 0 Å². The average Bonchev–Trinajstić information content (AvgIpc) is 2.29. The van der Waals surface area contributed by atoms with Gasteiger partial charge in [-0.3, -0.25) is 4.98 Å². The smallest absolute Gasteiger partial charge is 0.340 e. The van der Waals surface area contributed by atoms with Crippen molar-refractivity contribution in [2.75, 3.05) is 13.2 Å². The number of ether oxygens (including phenoxy) is 2. The topological polar surface area (TPSA) is 48.4 Å². The van der Waals surface area contributed by atoms with Crippen LogP contribution in [0.25, 0.3) is 5.76 Å². The minimum Gasteiger partial charge on any atom is -0.492 e. The molecule has 0 amide bonds. The van der Waals surface area contributed by atoms with Crippen LogP contribution in [0.2, 0.25) is 0 Å². The first-order valence-corrected chi connectivity index (χ1v) is 5.56. The zero-order valence-corrected chi connectivity index (χ0v) is 10.4. The van der Waals surface area contributed by atoms with Crippen LogP contribution in [0.1, 0.15) is 35.5 Å². The normalized spacial score (nSPS) is 9.82. The van der Waals surface area contributed by atoms with E-state index in [1.54, 1.807) is 19.2 Å². The standard InChI is InChI=1S/C13H17NO3/c1-5-16-10(4)12-11(13(15)17-6-2)7-9(3)8-14-12/h7-8H,4-6H2,1-3H3. The fourth-order valence-corrected chi connectivity index (χ4v) is 1.40. The molecule has 0 spiro atoms. The van der Waals surface area contributed by atoms with E-state index >= 15 is 0 Å². The van der Waals surface area contributed by atoms with Gasteiger partial charge in [0.05, 0.1) is 18.8 Å². The van der Waals surface area contributed by atoms with Crippen LogP contribution >= 0.6 is 0 Å². The molecule has 4 heteroatoms. The molecule has 0 atom stereocenters. The zero-order chi connectivity index (χ0) is 12.8. The number of nitrogens with zero attached hydrogens (tertiary/aromatic N) is 1. The van der Waals surface area contributed by atoms with E-state index in [-0.39, 0.29) is 0 Å². The van der Waals surface area contributed by atoms with Gasteiger partial charge in [-0.2, -0.15) is 0 Å². The van der Waals surface area contributed by atoms with Crippen LogP contribution in [0.3, 0.4) is 0 Å². The van der Waals surface area contributed by atoms with Gasteiger partial charge < -0.3 is 9.47 Å². The van der Waals surface area contributed by atoms with Gasteiger partial charge in [-0.1, -0.05) is 6.58 Å². The molecule has 0 aliphatic heterocycles. The number of carbonyl (C=O) groups is 1. The molecule has 92 valence electrons.